The maximum absolute atomic E-state index is 12.9. The summed E-state index contributed by atoms with van der Waals surface area (Å²) in [6.45, 7) is 3.71. The van der Waals surface area contributed by atoms with Crippen molar-refractivity contribution < 1.29 is 4.79 Å². The average molecular weight is 359 g/mol. The van der Waals surface area contributed by atoms with Crippen molar-refractivity contribution in [2.45, 2.75) is 25.8 Å². The molecule has 0 bridgehead atoms. The Balaban J connectivity index is 1.59. The van der Waals surface area contributed by atoms with Gasteiger partial charge in [-0.3, -0.25) is 9.78 Å². The topological polar surface area (TPSA) is 49.3 Å². The van der Waals surface area contributed by atoms with E-state index in [1.807, 2.05) is 36.2 Å². The first-order valence-corrected chi connectivity index (χ1v) is 8.97. The first kappa shape index (κ1) is 17.7. The maximum atomic E-state index is 12.9. The van der Waals surface area contributed by atoms with Crippen molar-refractivity contribution in [3.8, 4) is 0 Å². The molecule has 1 saturated heterocycles. The molecule has 6 heteroatoms. The van der Waals surface area contributed by atoms with Crippen LogP contribution in [0.2, 0.25) is 5.02 Å². The Morgan fingerprint density at radius 2 is 1.92 bits per heavy atom. The molecule has 0 spiro atoms. The lowest BCUT2D eigenvalue weighted by Gasteiger charge is -2.35. The van der Waals surface area contributed by atoms with Gasteiger partial charge in [-0.2, -0.15) is 0 Å². The van der Waals surface area contributed by atoms with Crippen molar-refractivity contribution >= 4 is 23.3 Å². The minimum Gasteiger partial charge on any atom is -0.355 e. The highest BCUT2D eigenvalue weighted by molar-refractivity contribution is 6.30. The molecule has 1 aliphatic rings. The third-order valence-corrected chi connectivity index (χ3v) is 5.25. The van der Waals surface area contributed by atoms with E-state index in [2.05, 4.69) is 21.8 Å². The molecule has 1 unspecified atom stereocenters. The van der Waals surface area contributed by atoms with Crippen molar-refractivity contribution in [3.05, 3.63) is 53.4 Å². The van der Waals surface area contributed by atoms with Crippen molar-refractivity contribution in [2.75, 3.05) is 25.0 Å². The van der Waals surface area contributed by atoms with Crippen LogP contribution in [0.5, 0.6) is 0 Å². The van der Waals surface area contributed by atoms with E-state index in [9.17, 15) is 4.79 Å². The zero-order valence-electron chi connectivity index (χ0n) is 14.6. The van der Waals surface area contributed by atoms with Gasteiger partial charge in [-0.15, -0.1) is 0 Å². The second-order valence-corrected chi connectivity index (χ2v) is 6.94. The zero-order valence-corrected chi connectivity index (χ0v) is 15.4. The largest absolute Gasteiger partial charge is 0.355 e. The number of hydrogen-bond donors (Lipinski definition) is 0. The number of hydrogen-bond acceptors (Lipinski definition) is 4. The molecular weight excluding hydrogens is 336 g/mol. The summed E-state index contributed by atoms with van der Waals surface area (Å²) in [5, 5.41) is 0.710. The fraction of sp³-hybridized carbons (Fsp3) is 0.421. The molecular formula is C19H23ClN4O. The number of rotatable bonds is 4. The van der Waals surface area contributed by atoms with Crippen molar-refractivity contribution in [2.24, 2.45) is 5.92 Å². The molecule has 25 heavy (non-hydrogen) atoms. The van der Waals surface area contributed by atoms with Gasteiger partial charge >= 0.3 is 0 Å². The molecule has 3 rings (SSSR count). The van der Waals surface area contributed by atoms with E-state index in [0.29, 0.717) is 5.02 Å². The Bertz CT molecular complexity index is 699. The number of nitrogens with zero attached hydrogens (tertiary/aromatic N) is 4. The lowest BCUT2D eigenvalue weighted by Crippen LogP contribution is -2.42. The number of aromatic nitrogens is 2. The van der Waals surface area contributed by atoms with Crippen LogP contribution in [-0.2, 0) is 4.79 Å². The molecule has 1 atom stereocenters. The Morgan fingerprint density at radius 3 is 2.52 bits per heavy atom. The summed E-state index contributed by atoms with van der Waals surface area (Å²) in [6, 6.07) is 7.72. The van der Waals surface area contributed by atoms with Crippen LogP contribution in [0, 0.1) is 5.92 Å². The van der Waals surface area contributed by atoms with E-state index < -0.39 is 0 Å². The van der Waals surface area contributed by atoms with Crippen molar-refractivity contribution in [3.63, 3.8) is 0 Å². The van der Waals surface area contributed by atoms with Crippen LogP contribution >= 0.6 is 11.6 Å². The second-order valence-electron chi connectivity index (χ2n) is 6.50. The van der Waals surface area contributed by atoms with E-state index in [1.54, 1.807) is 18.6 Å². The molecule has 1 amide bonds. The van der Waals surface area contributed by atoms with Crippen LogP contribution in [0.15, 0.2) is 42.9 Å². The summed E-state index contributed by atoms with van der Waals surface area (Å²) in [5.41, 5.74) is 1.09. The monoisotopic (exact) mass is 358 g/mol. The van der Waals surface area contributed by atoms with Gasteiger partial charge < -0.3 is 9.80 Å². The van der Waals surface area contributed by atoms with Crippen LogP contribution in [0.1, 0.15) is 31.4 Å². The van der Waals surface area contributed by atoms with Gasteiger partial charge in [-0.25, -0.2) is 4.98 Å². The Hall–Kier alpha value is -2.14. The molecule has 0 aliphatic carbocycles. The van der Waals surface area contributed by atoms with E-state index in [1.165, 1.54) is 0 Å². The standard InChI is InChI=1S/C19H23ClN4O/c1-14(15-3-5-17(20)6-4-15)23(2)19(25)16-7-11-24(12-8-16)18-13-21-9-10-22-18/h3-6,9-10,13-14,16H,7-8,11-12H2,1-2H3. The van der Waals surface area contributed by atoms with Gasteiger partial charge in [0.25, 0.3) is 0 Å². The molecule has 1 aliphatic heterocycles. The lowest BCUT2D eigenvalue weighted by atomic mass is 9.94. The number of anilines is 1. The van der Waals surface area contributed by atoms with E-state index >= 15 is 0 Å². The highest BCUT2D eigenvalue weighted by Gasteiger charge is 2.29. The second kappa shape index (κ2) is 7.83. The molecule has 132 valence electrons. The van der Waals surface area contributed by atoms with Gasteiger partial charge in [0.2, 0.25) is 5.91 Å². The number of carbonyl (C=O) groups is 1. The van der Waals surface area contributed by atoms with E-state index in [4.69, 9.17) is 11.6 Å². The van der Waals surface area contributed by atoms with Gasteiger partial charge in [-0.05, 0) is 37.5 Å². The Morgan fingerprint density at radius 1 is 1.24 bits per heavy atom. The Labute approximate surface area is 153 Å². The summed E-state index contributed by atoms with van der Waals surface area (Å²) < 4.78 is 0. The summed E-state index contributed by atoms with van der Waals surface area (Å²) in [7, 11) is 1.89. The van der Waals surface area contributed by atoms with Crippen LogP contribution in [0.4, 0.5) is 5.82 Å². The first-order valence-electron chi connectivity index (χ1n) is 8.59. The van der Waals surface area contributed by atoms with Crippen LogP contribution in [-0.4, -0.2) is 40.9 Å². The molecule has 0 saturated carbocycles. The number of amides is 1. The molecule has 1 fully saturated rings. The summed E-state index contributed by atoms with van der Waals surface area (Å²) in [6.07, 6.45) is 6.83. The smallest absolute Gasteiger partial charge is 0.226 e. The zero-order chi connectivity index (χ0) is 17.8. The predicted octanol–water partition coefficient (Wildman–Crippen LogP) is 3.57. The predicted molar refractivity (Wildman–Crippen MR) is 99.6 cm³/mol. The molecule has 2 heterocycles. The highest BCUT2D eigenvalue weighted by Crippen LogP contribution is 2.27. The highest BCUT2D eigenvalue weighted by atomic mass is 35.5. The SMILES string of the molecule is CC(c1ccc(Cl)cc1)N(C)C(=O)C1CCN(c2cnccn2)CC1. The van der Waals surface area contributed by atoms with Crippen LogP contribution in [0.25, 0.3) is 0 Å². The van der Waals surface area contributed by atoms with Gasteiger partial charge in [0.15, 0.2) is 0 Å². The van der Waals surface area contributed by atoms with Gasteiger partial charge in [0.1, 0.15) is 5.82 Å². The van der Waals surface area contributed by atoms with Crippen LogP contribution < -0.4 is 4.90 Å². The molecule has 0 N–H and O–H groups in total. The minimum atomic E-state index is 0.0304. The van der Waals surface area contributed by atoms with Gasteiger partial charge in [-0.1, -0.05) is 23.7 Å². The number of piperidine rings is 1. The van der Waals surface area contributed by atoms with E-state index in [-0.39, 0.29) is 17.9 Å². The van der Waals surface area contributed by atoms with Gasteiger partial charge in [0.05, 0.1) is 12.2 Å². The summed E-state index contributed by atoms with van der Waals surface area (Å²) >= 11 is 5.95. The summed E-state index contributed by atoms with van der Waals surface area (Å²) in [5.74, 6) is 1.16. The molecule has 2 aromatic rings. The minimum absolute atomic E-state index is 0.0304. The molecule has 1 aromatic carbocycles. The fourth-order valence-corrected chi connectivity index (χ4v) is 3.38. The molecule has 1 aromatic heterocycles. The summed E-state index contributed by atoms with van der Waals surface area (Å²) in [4.78, 5) is 25.4. The number of benzene rings is 1. The lowest BCUT2D eigenvalue weighted by molar-refractivity contribution is -0.136. The molecule has 5 nitrogen and oxygen atoms in total. The van der Waals surface area contributed by atoms with Crippen LogP contribution in [0.3, 0.4) is 0 Å². The quantitative estimate of drug-likeness (QED) is 0.838. The normalized spacial score (nSPS) is 16.5. The average Bonchev–Trinajstić information content (AvgIpc) is 2.67. The Kier molecular flexibility index (Phi) is 5.53. The maximum Gasteiger partial charge on any atom is 0.226 e. The van der Waals surface area contributed by atoms with Crippen molar-refractivity contribution in [1.82, 2.24) is 14.9 Å². The first-order chi connectivity index (χ1) is 12.1. The van der Waals surface area contributed by atoms with Crippen molar-refractivity contribution in [1.29, 1.82) is 0 Å². The third kappa shape index (κ3) is 4.10. The van der Waals surface area contributed by atoms with E-state index in [0.717, 1.165) is 37.3 Å². The van der Waals surface area contributed by atoms with Gasteiger partial charge in [0, 0.05) is 43.5 Å². The fourth-order valence-electron chi connectivity index (χ4n) is 3.25. The number of carbonyl (C=O) groups excluding carboxylic acids is 1. The molecule has 0 radical (unpaired) electrons. The number of halogens is 1. The third-order valence-electron chi connectivity index (χ3n) is 5.00.